The number of carbonyl (C=O) groups is 1. The van der Waals surface area contributed by atoms with Crippen LogP contribution in [0.2, 0.25) is 0 Å². The molecule has 9 nitrogen and oxygen atoms in total. The van der Waals surface area contributed by atoms with Gasteiger partial charge in [-0.25, -0.2) is 4.79 Å². The van der Waals surface area contributed by atoms with Gasteiger partial charge in [-0.3, -0.25) is 0 Å². The van der Waals surface area contributed by atoms with Gasteiger partial charge >= 0.3 is 16.5 Å². The molecule has 39 heavy (non-hydrogen) atoms. The average Bonchev–Trinajstić information content (AvgIpc) is 2.95. The monoisotopic (exact) mass is 552 g/mol. The van der Waals surface area contributed by atoms with Crippen molar-refractivity contribution in [2.45, 2.75) is 50.4 Å². The number of ether oxygens (including phenoxy) is 2. The molecule has 3 aromatic rings. The van der Waals surface area contributed by atoms with Crippen molar-refractivity contribution < 1.29 is 32.9 Å². The first-order valence-electron chi connectivity index (χ1n) is 12.9. The van der Waals surface area contributed by atoms with Crippen LogP contribution in [0.1, 0.15) is 53.1 Å². The van der Waals surface area contributed by atoms with Gasteiger partial charge in [0.2, 0.25) is 0 Å². The van der Waals surface area contributed by atoms with Crippen LogP contribution in [0.3, 0.4) is 0 Å². The van der Waals surface area contributed by atoms with Gasteiger partial charge in [-0.1, -0.05) is 42.5 Å². The molecule has 206 valence electrons. The Bertz CT molecular complexity index is 1360. The maximum Gasteiger partial charge on any atom is 0.335 e. The van der Waals surface area contributed by atoms with Crippen LogP contribution in [0.25, 0.3) is 0 Å². The van der Waals surface area contributed by atoms with Gasteiger partial charge in [0.15, 0.2) is 0 Å². The Balaban J connectivity index is 1.23. The molecule has 0 aliphatic heterocycles. The lowest BCUT2D eigenvalue weighted by Gasteiger charge is -2.30. The van der Waals surface area contributed by atoms with Crippen LogP contribution in [0.15, 0.2) is 77.2 Å². The smallest absolute Gasteiger partial charge is 0.335 e. The van der Waals surface area contributed by atoms with Crippen LogP contribution >= 0.6 is 0 Å². The van der Waals surface area contributed by atoms with Crippen molar-refractivity contribution in [1.29, 1.82) is 0 Å². The van der Waals surface area contributed by atoms with Gasteiger partial charge < -0.3 is 25.0 Å². The van der Waals surface area contributed by atoms with Crippen molar-refractivity contribution in [3.8, 4) is 11.5 Å². The fourth-order valence-electron chi connectivity index (χ4n) is 4.68. The highest BCUT2D eigenvalue weighted by atomic mass is 32.2. The first-order valence-corrected chi connectivity index (χ1v) is 13.9. The third-order valence-electron chi connectivity index (χ3n) is 6.78. The predicted octanol–water partition coefficient (Wildman–Crippen LogP) is 4.71. The molecule has 0 heterocycles. The molecule has 1 atom stereocenters. The molecule has 0 spiro atoms. The average molecular weight is 553 g/mol. The minimum Gasteiger partial charge on any atom is -0.491 e. The zero-order valence-electron chi connectivity index (χ0n) is 21.4. The van der Waals surface area contributed by atoms with Gasteiger partial charge in [-0.15, -0.1) is 4.36 Å². The molecule has 1 saturated carbocycles. The summed E-state index contributed by atoms with van der Waals surface area (Å²) in [5, 5.41) is 22.9. The lowest BCUT2D eigenvalue weighted by Crippen LogP contribution is -2.39. The Hall–Kier alpha value is -3.73. The second kappa shape index (κ2) is 13.9. The van der Waals surface area contributed by atoms with Crippen molar-refractivity contribution in [3.63, 3.8) is 0 Å². The van der Waals surface area contributed by atoms with E-state index in [1.54, 1.807) is 24.3 Å². The molecular weight excluding hydrogens is 520 g/mol. The van der Waals surface area contributed by atoms with Crippen molar-refractivity contribution >= 4 is 22.2 Å². The minimum atomic E-state index is -2.66. The number of aromatic carboxylic acids is 1. The van der Waals surface area contributed by atoms with E-state index in [0.29, 0.717) is 29.5 Å². The van der Waals surface area contributed by atoms with Gasteiger partial charge in [-0.05, 0) is 67.0 Å². The highest BCUT2D eigenvalue weighted by molar-refractivity contribution is 7.61. The van der Waals surface area contributed by atoms with Gasteiger partial charge in [-0.2, -0.15) is 8.42 Å². The third-order valence-corrected chi connectivity index (χ3v) is 7.13. The van der Waals surface area contributed by atoms with E-state index in [1.807, 2.05) is 42.5 Å². The van der Waals surface area contributed by atoms with E-state index >= 15 is 0 Å². The maximum absolute atomic E-state index is 11.2. The Morgan fingerprint density at radius 3 is 2.36 bits per heavy atom. The topological polar surface area (TPSA) is 135 Å². The number of aliphatic hydroxyl groups is 1. The van der Waals surface area contributed by atoms with Crippen LogP contribution in [-0.4, -0.2) is 49.9 Å². The largest absolute Gasteiger partial charge is 0.491 e. The first-order chi connectivity index (χ1) is 18.9. The number of benzene rings is 3. The summed E-state index contributed by atoms with van der Waals surface area (Å²) in [5.41, 5.74) is 2.52. The minimum absolute atomic E-state index is 0.0302. The summed E-state index contributed by atoms with van der Waals surface area (Å²) in [6, 6.07) is 21.6. The number of aliphatic hydroxyl groups excluding tert-OH is 1. The molecule has 1 aliphatic carbocycles. The summed E-state index contributed by atoms with van der Waals surface area (Å²) < 4.78 is 37.5. The summed E-state index contributed by atoms with van der Waals surface area (Å²) in [4.78, 5) is 11.1. The van der Waals surface area contributed by atoms with Crippen molar-refractivity contribution in [3.05, 3.63) is 89.5 Å². The molecule has 0 aromatic heterocycles. The van der Waals surface area contributed by atoms with Crippen molar-refractivity contribution in [1.82, 2.24) is 5.32 Å². The summed E-state index contributed by atoms with van der Waals surface area (Å²) in [5.74, 6) is 0.170. The summed E-state index contributed by atoms with van der Waals surface area (Å²) in [6.45, 7) is 0.656. The molecule has 0 unspecified atom stereocenters. The predicted molar refractivity (Wildman–Crippen MR) is 146 cm³/mol. The standard InChI is InChI=1S/C29H32N2O7S/c32-25(17-30-24-12-10-22(11-13-24)21-6-8-23(9-7-21)29(33)34)19-37-26-14-15-28(27(16-26)31-39(35)36)38-18-20-4-2-1-3-5-20/h1-9,14-16,22,24-25,30,32H,10-13,17-19H2,(H,33,34)/t22?,24?,25-/m0/s1. The van der Waals surface area contributed by atoms with Crippen LogP contribution in [-0.2, 0) is 17.1 Å². The number of hydrogen-bond acceptors (Lipinski definition) is 8. The fourth-order valence-corrected chi connectivity index (χ4v) is 4.98. The molecule has 3 aromatic carbocycles. The molecule has 3 N–H and O–H groups in total. The first kappa shape index (κ1) is 28.3. The van der Waals surface area contributed by atoms with E-state index in [9.17, 15) is 18.3 Å². The highest BCUT2D eigenvalue weighted by Crippen LogP contribution is 2.34. The lowest BCUT2D eigenvalue weighted by molar-refractivity contribution is 0.0696. The summed E-state index contributed by atoms with van der Waals surface area (Å²) in [7, 11) is -2.66. The van der Waals surface area contributed by atoms with E-state index in [0.717, 1.165) is 36.8 Å². The Morgan fingerprint density at radius 2 is 1.69 bits per heavy atom. The second-order valence-corrected chi connectivity index (χ2v) is 10.2. The number of nitrogens with zero attached hydrogens (tertiary/aromatic N) is 1. The molecule has 0 bridgehead atoms. The van der Waals surface area contributed by atoms with E-state index in [2.05, 4.69) is 9.68 Å². The fraction of sp³-hybridized carbons (Fsp3) is 0.345. The molecule has 1 fully saturated rings. The van der Waals surface area contributed by atoms with Crippen LogP contribution in [0, 0.1) is 0 Å². The number of carboxylic acids is 1. The quantitative estimate of drug-likeness (QED) is 0.294. The normalized spacial score (nSPS) is 17.7. The molecule has 0 saturated heterocycles. The molecule has 0 radical (unpaired) electrons. The molecular formula is C29H32N2O7S. The molecule has 0 amide bonds. The zero-order chi connectivity index (χ0) is 27.6. The van der Waals surface area contributed by atoms with Gasteiger partial charge in [0.05, 0.1) is 5.56 Å². The maximum atomic E-state index is 11.2. The lowest BCUT2D eigenvalue weighted by atomic mass is 9.81. The van der Waals surface area contributed by atoms with E-state index < -0.39 is 22.6 Å². The van der Waals surface area contributed by atoms with Gasteiger partial charge in [0.1, 0.15) is 36.5 Å². The third kappa shape index (κ3) is 8.64. The second-order valence-electron chi connectivity index (χ2n) is 9.56. The van der Waals surface area contributed by atoms with E-state index in [4.69, 9.17) is 14.6 Å². The Kier molecular flexibility index (Phi) is 10.1. The van der Waals surface area contributed by atoms with Crippen molar-refractivity contribution in [2.75, 3.05) is 13.2 Å². The van der Waals surface area contributed by atoms with Crippen LogP contribution in [0.4, 0.5) is 5.69 Å². The van der Waals surface area contributed by atoms with Gasteiger partial charge in [0.25, 0.3) is 0 Å². The van der Waals surface area contributed by atoms with Crippen LogP contribution < -0.4 is 14.8 Å². The number of nitrogens with one attached hydrogen (secondary N) is 1. The van der Waals surface area contributed by atoms with E-state index in [-0.39, 0.29) is 24.9 Å². The Labute approximate surface area is 229 Å². The highest BCUT2D eigenvalue weighted by Gasteiger charge is 2.23. The Morgan fingerprint density at radius 1 is 0.974 bits per heavy atom. The number of rotatable bonds is 12. The number of hydrogen-bond donors (Lipinski definition) is 3. The summed E-state index contributed by atoms with van der Waals surface area (Å²) >= 11 is 0. The molecule has 10 heteroatoms. The van der Waals surface area contributed by atoms with Crippen LogP contribution in [0.5, 0.6) is 11.5 Å². The van der Waals surface area contributed by atoms with Gasteiger partial charge in [0, 0.05) is 18.7 Å². The number of carboxylic acid groups (broad SMARTS) is 1. The SMILES string of the molecule is O=C(O)c1ccc(C2CCC(NC[C@H](O)COc3ccc(OCc4ccccc4)c(N=S(=O)=O)c3)CC2)cc1. The molecule has 4 rings (SSSR count). The molecule has 1 aliphatic rings. The van der Waals surface area contributed by atoms with Crippen molar-refractivity contribution in [2.24, 2.45) is 4.36 Å². The zero-order valence-corrected chi connectivity index (χ0v) is 22.2. The summed E-state index contributed by atoms with van der Waals surface area (Å²) in [6.07, 6.45) is 3.14. The van der Waals surface area contributed by atoms with E-state index in [1.165, 1.54) is 6.07 Å².